The third-order valence-electron chi connectivity index (χ3n) is 3.55. The van der Waals surface area contributed by atoms with E-state index in [1.165, 1.54) is 25.3 Å². The Balaban J connectivity index is 2.29. The van der Waals surface area contributed by atoms with E-state index in [4.69, 9.17) is 0 Å². The SMILES string of the molecule is COC(=O)/C=C/c1ccc(N[C@H](CO)c2ccccc2)c([N+](=O)[O-])c1. The average molecular weight is 342 g/mol. The molecule has 7 nitrogen and oxygen atoms in total. The summed E-state index contributed by atoms with van der Waals surface area (Å²) in [6.07, 6.45) is 2.62. The molecule has 25 heavy (non-hydrogen) atoms. The van der Waals surface area contributed by atoms with Gasteiger partial charge in [-0.25, -0.2) is 4.79 Å². The van der Waals surface area contributed by atoms with E-state index in [0.717, 1.165) is 5.56 Å². The number of nitrogens with one attached hydrogen (secondary N) is 1. The van der Waals surface area contributed by atoms with Crippen LogP contribution in [0.1, 0.15) is 17.2 Å². The number of anilines is 1. The van der Waals surface area contributed by atoms with Crippen LogP contribution in [0.15, 0.2) is 54.6 Å². The first-order valence-corrected chi connectivity index (χ1v) is 7.52. The number of ether oxygens (including phenoxy) is 1. The molecular weight excluding hydrogens is 324 g/mol. The molecule has 130 valence electrons. The van der Waals surface area contributed by atoms with E-state index >= 15 is 0 Å². The third-order valence-corrected chi connectivity index (χ3v) is 3.55. The van der Waals surface area contributed by atoms with Crippen LogP contribution in [0.5, 0.6) is 0 Å². The number of aliphatic hydroxyl groups excluding tert-OH is 1. The van der Waals surface area contributed by atoms with Crippen molar-refractivity contribution in [3.05, 3.63) is 75.8 Å². The highest BCUT2D eigenvalue weighted by Crippen LogP contribution is 2.29. The van der Waals surface area contributed by atoms with Gasteiger partial charge in [0.25, 0.3) is 5.69 Å². The molecule has 0 saturated heterocycles. The molecule has 0 heterocycles. The van der Waals surface area contributed by atoms with Crippen LogP contribution in [0.4, 0.5) is 11.4 Å². The molecule has 1 atom stereocenters. The molecule has 7 heteroatoms. The van der Waals surface area contributed by atoms with Crippen molar-refractivity contribution in [2.75, 3.05) is 19.0 Å². The molecule has 0 aliphatic rings. The molecule has 2 N–H and O–H groups in total. The first-order chi connectivity index (χ1) is 12.0. The largest absolute Gasteiger partial charge is 0.466 e. The Bertz CT molecular complexity index is 774. The smallest absolute Gasteiger partial charge is 0.330 e. The lowest BCUT2D eigenvalue weighted by atomic mass is 10.1. The monoisotopic (exact) mass is 342 g/mol. The zero-order valence-electron chi connectivity index (χ0n) is 13.6. The van der Waals surface area contributed by atoms with E-state index in [0.29, 0.717) is 5.56 Å². The Morgan fingerprint density at radius 2 is 2.04 bits per heavy atom. The second-order valence-electron chi connectivity index (χ2n) is 5.18. The topological polar surface area (TPSA) is 102 Å². The van der Waals surface area contributed by atoms with Crippen molar-refractivity contribution >= 4 is 23.4 Å². The molecule has 0 fully saturated rings. The van der Waals surface area contributed by atoms with Gasteiger partial charge in [-0.15, -0.1) is 0 Å². The minimum Gasteiger partial charge on any atom is -0.466 e. The standard InChI is InChI=1S/C18H18N2O5/c1-25-18(22)10-8-13-7-9-15(17(11-13)20(23)24)19-16(12-21)14-5-3-2-4-6-14/h2-11,16,19,21H,12H2,1H3/b10-8+/t16-/m1/s1. The Hall–Kier alpha value is -3.19. The maximum Gasteiger partial charge on any atom is 0.330 e. The predicted molar refractivity (Wildman–Crippen MR) is 94.0 cm³/mol. The summed E-state index contributed by atoms with van der Waals surface area (Å²) in [6, 6.07) is 13.2. The molecule has 2 rings (SSSR count). The van der Waals surface area contributed by atoms with Gasteiger partial charge >= 0.3 is 5.97 Å². The maximum absolute atomic E-state index is 11.4. The number of esters is 1. The zero-order valence-corrected chi connectivity index (χ0v) is 13.6. The number of rotatable bonds is 7. The van der Waals surface area contributed by atoms with Gasteiger partial charge in [-0.2, -0.15) is 0 Å². The van der Waals surface area contributed by atoms with Gasteiger partial charge in [0.15, 0.2) is 0 Å². The number of hydrogen-bond acceptors (Lipinski definition) is 6. The minimum atomic E-state index is -0.547. The van der Waals surface area contributed by atoms with E-state index < -0.39 is 16.9 Å². The van der Waals surface area contributed by atoms with Crippen molar-refractivity contribution in [2.45, 2.75) is 6.04 Å². The summed E-state index contributed by atoms with van der Waals surface area (Å²) in [5.41, 5.74) is 1.43. The Morgan fingerprint density at radius 1 is 1.32 bits per heavy atom. The number of nitrogens with zero attached hydrogens (tertiary/aromatic N) is 1. The molecule has 2 aromatic carbocycles. The lowest BCUT2D eigenvalue weighted by Gasteiger charge is -2.18. The quantitative estimate of drug-likeness (QED) is 0.347. The van der Waals surface area contributed by atoms with Crippen LogP contribution in [-0.2, 0) is 9.53 Å². The van der Waals surface area contributed by atoms with Crippen molar-refractivity contribution in [3.8, 4) is 0 Å². The van der Waals surface area contributed by atoms with Crippen LogP contribution >= 0.6 is 0 Å². The van der Waals surface area contributed by atoms with Crippen molar-refractivity contribution in [1.29, 1.82) is 0 Å². The van der Waals surface area contributed by atoms with Crippen molar-refractivity contribution in [1.82, 2.24) is 0 Å². The number of nitro benzene ring substituents is 1. The summed E-state index contributed by atoms with van der Waals surface area (Å²) in [6.45, 7) is -0.217. The van der Waals surface area contributed by atoms with Crippen molar-refractivity contribution in [3.63, 3.8) is 0 Å². The highest BCUT2D eigenvalue weighted by atomic mass is 16.6. The molecule has 2 aromatic rings. The Kier molecular flexibility index (Phi) is 6.25. The number of carbonyl (C=O) groups excluding carboxylic acids is 1. The van der Waals surface area contributed by atoms with Crippen molar-refractivity contribution < 1.29 is 19.6 Å². The van der Waals surface area contributed by atoms with Gasteiger partial charge in [0.2, 0.25) is 0 Å². The average Bonchev–Trinajstić information content (AvgIpc) is 2.65. The third kappa shape index (κ3) is 4.89. The van der Waals surface area contributed by atoms with Gasteiger partial charge in [0.05, 0.1) is 24.7 Å². The lowest BCUT2D eigenvalue weighted by molar-refractivity contribution is -0.384. The van der Waals surface area contributed by atoms with E-state index in [-0.39, 0.29) is 18.0 Å². The van der Waals surface area contributed by atoms with Gasteiger partial charge in [-0.3, -0.25) is 10.1 Å². The second kappa shape index (κ2) is 8.60. The van der Waals surface area contributed by atoms with E-state index in [2.05, 4.69) is 10.1 Å². The molecule has 0 aliphatic heterocycles. The van der Waals surface area contributed by atoms with Crippen LogP contribution in [0.25, 0.3) is 6.08 Å². The number of benzene rings is 2. The minimum absolute atomic E-state index is 0.151. The normalized spacial score (nSPS) is 11.9. The fraction of sp³-hybridized carbons (Fsp3) is 0.167. The Morgan fingerprint density at radius 3 is 2.64 bits per heavy atom. The molecule has 0 bridgehead atoms. The summed E-state index contributed by atoms with van der Waals surface area (Å²) in [5, 5.41) is 24.0. The summed E-state index contributed by atoms with van der Waals surface area (Å²) >= 11 is 0. The Labute approximate surface area is 144 Å². The van der Waals surface area contributed by atoms with Crippen LogP contribution in [0, 0.1) is 10.1 Å². The van der Waals surface area contributed by atoms with Gasteiger partial charge in [-0.1, -0.05) is 36.4 Å². The van der Waals surface area contributed by atoms with Crippen molar-refractivity contribution in [2.24, 2.45) is 0 Å². The lowest BCUT2D eigenvalue weighted by Crippen LogP contribution is -2.15. The number of methoxy groups -OCH3 is 1. The van der Waals surface area contributed by atoms with E-state index in [1.54, 1.807) is 12.1 Å². The van der Waals surface area contributed by atoms with Gasteiger partial charge in [-0.05, 0) is 23.3 Å². The fourth-order valence-corrected chi connectivity index (χ4v) is 2.27. The molecule has 0 aromatic heterocycles. The molecule has 0 aliphatic carbocycles. The molecule has 0 unspecified atom stereocenters. The number of aliphatic hydroxyl groups is 1. The van der Waals surface area contributed by atoms with Gasteiger partial charge in [0, 0.05) is 12.1 Å². The summed E-state index contributed by atoms with van der Waals surface area (Å²) in [5.74, 6) is -0.547. The molecule has 0 spiro atoms. The fourth-order valence-electron chi connectivity index (χ4n) is 2.27. The number of carbonyl (C=O) groups is 1. The molecule has 0 radical (unpaired) electrons. The van der Waals surface area contributed by atoms with E-state index in [9.17, 15) is 20.0 Å². The molecule has 0 amide bonds. The van der Waals surface area contributed by atoms with Crippen LogP contribution < -0.4 is 5.32 Å². The van der Waals surface area contributed by atoms with E-state index in [1.807, 2.05) is 30.3 Å². The summed E-state index contributed by atoms with van der Waals surface area (Å²) in [7, 11) is 1.25. The zero-order chi connectivity index (χ0) is 18.2. The highest BCUT2D eigenvalue weighted by molar-refractivity contribution is 5.87. The summed E-state index contributed by atoms with van der Waals surface area (Å²) in [4.78, 5) is 22.0. The van der Waals surface area contributed by atoms with Gasteiger partial charge in [0.1, 0.15) is 5.69 Å². The predicted octanol–water partition coefficient (Wildman–Crippen LogP) is 2.93. The van der Waals surface area contributed by atoms with Crippen LogP contribution in [-0.4, -0.2) is 29.7 Å². The molecular formula is C18H18N2O5. The maximum atomic E-state index is 11.4. The number of hydrogen-bond donors (Lipinski definition) is 2. The second-order valence-corrected chi connectivity index (χ2v) is 5.18. The number of nitro groups is 1. The first-order valence-electron chi connectivity index (χ1n) is 7.52. The molecule has 0 saturated carbocycles. The summed E-state index contributed by atoms with van der Waals surface area (Å²) < 4.78 is 4.49. The first kappa shape index (κ1) is 18.2. The highest BCUT2D eigenvalue weighted by Gasteiger charge is 2.18. The van der Waals surface area contributed by atoms with Gasteiger partial charge < -0.3 is 15.2 Å². The van der Waals surface area contributed by atoms with Crippen LogP contribution in [0.3, 0.4) is 0 Å². The van der Waals surface area contributed by atoms with Crippen LogP contribution in [0.2, 0.25) is 0 Å².